The summed E-state index contributed by atoms with van der Waals surface area (Å²) in [6, 6.07) is 4.60. The number of morpholine rings is 1. The summed E-state index contributed by atoms with van der Waals surface area (Å²) in [5.41, 5.74) is 0.837. The van der Waals surface area contributed by atoms with Crippen molar-refractivity contribution in [3.63, 3.8) is 0 Å². The minimum Gasteiger partial charge on any atom is -0.378 e. The van der Waals surface area contributed by atoms with Crippen molar-refractivity contribution in [1.29, 1.82) is 0 Å². The summed E-state index contributed by atoms with van der Waals surface area (Å²) in [5, 5.41) is 3.80. The van der Waals surface area contributed by atoms with Gasteiger partial charge < -0.3 is 15.0 Å². The molecule has 6 heteroatoms. The Morgan fingerprint density at radius 2 is 2.12 bits per heavy atom. The largest absolute Gasteiger partial charge is 0.378 e. The highest BCUT2D eigenvalue weighted by atomic mass is 127. The summed E-state index contributed by atoms with van der Waals surface area (Å²) in [7, 11) is 0. The van der Waals surface area contributed by atoms with Crippen molar-refractivity contribution in [1.82, 2.24) is 4.90 Å². The number of thiocarbonyl (C=S) groups is 1. The van der Waals surface area contributed by atoms with Crippen LogP contribution in [0.4, 0.5) is 10.1 Å². The van der Waals surface area contributed by atoms with Gasteiger partial charge in [-0.25, -0.2) is 4.39 Å². The fourth-order valence-corrected chi connectivity index (χ4v) is 2.46. The maximum Gasteiger partial charge on any atom is 0.173 e. The molecule has 0 saturated carbocycles. The summed E-state index contributed by atoms with van der Waals surface area (Å²) in [4.78, 5) is 2.05. The van der Waals surface area contributed by atoms with Gasteiger partial charge in [-0.1, -0.05) is 0 Å². The third kappa shape index (κ3) is 3.49. The van der Waals surface area contributed by atoms with Crippen molar-refractivity contribution >= 4 is 45.6 Å². The van der Waals surface area contributed by atoms with Crippen LogP contribution in [0, 0.1) is 9.39 Å². The molecule has 17 heavy (non-hydrogen) atoms. The summed E-state index contributed by atoms with van der Waals surface area (Å²) in [6.45, 7) is 2.98. The number of hydrogen-bond acceptors (Lipinski definition) is 2. The maximum atomic E-state index is 12.9. The molecule has 0 spiro atoms. The third-order valence-corrected chi connectivity index (χ3v) is 3.72. The Balaban J connectivity index is 2.02. The van der Waals surface area contributed by atoms with Gasteiger partial charge in [0.2, 0.25) is 0 Å². The Bertz CT molecular complexity index is 424. The zero-order valence-corrected chi connectivity index (χ0v) is 12.1. The molecule has 1 heterocycles. The lowest BCUT2D eigenvalue weighted by molar-refractivity contribution is 0.0690. The van der Waals surface area contributed by atoms with Crippen molar-refractivity contribution in [3.8, 4) is 0 Å². The Morgan fingerprint density at radius 1 is 1.41 bits per heavy atom. The number of ether oxygens (including phenoxy) is 1. The molecular formula is C11H12FIN2OS. The number of anilines is 1. The minimum atomic E-state index is -0.239. The van der Waals surface area contributed by atoms with Gasteiger partial charge in [0.1, 0.15) is 5.82 Å². The Kier molecular flexibility index (Phi) is 4.52. The molecule has 0 bridgehead atoms. The van der Waals surface area contributed by atoms with Gasteiger partial charge in [-0.15, -0.1) is 0 Å². The quantitative estimate of drug-likeness (QED) is 0.610. The van der Waals surface area contributed by atoms with Crippen LogP contribution in [0.3, 0.4) is 0 Å². The highest BCUT2D eigenvalue weighted by molar-refractivity contribution is 14.1. The molecule has 1 N–H and O–H groups in total. The first kappa shape index (κ1) is 13.0. The Labute approximate surface area is 118 Å². The smallest absolute Gasteiger partial charge is 0.173 e. The fraction of sp³-hybridized carbons (Fsp3) is 0.364. The van der Waals surface area contributed by atoms with Crippen molar-refractivity contribution in [2.75, 3.05) is 31.6 Å². The average Bonchev–Trinajstić information content (AvgIpc) is 2.34. The molecule has 1 aliphatic heterocycles. The van der Waals surface area contributed by atoms with Crippen LogP contribution in [0.1, 0.15) is 0 Å². The first-order valence-electron chi connectivity index (χ1n) is 5.25. The highest BCUT2D eigenvalue weighted by Crippen LogP contribution is 2.19. The van der Waals surface area contributed by atoms with E-state index in [2.05, 4.69) is 32.8 Å². The molecule has 1 aliphatic rings. The van der Waals surface area contributed by atoms with E-state index >= 15 is 0 Å². The van der Waals surface area contributed by atoms with Crippen LogP contribution >= 0.6 is 34.8 Å². The molecule has 92 valence electrons. The molecule has 0 amide bonds. The molecular weight excluding hydrogens is 354 g/mol. The molecule has 1 aromatic rings. The van der Waals surface area contributed by atoms with Crippen molar-refractivity contribution in [2.24, 2.45) is 0 Å². The predicted molar refractivity (Wildman–Crippen MR) is 77.7 cm³/mol. The van der Waals surface area contributed by atoms with Gasteiger partial charge in [-0.3, -0.25) is 0 Å². The minimum absolute atomic E-state index is 0.239. The van der Waals surface area contributed by atoms with Crippen LogP contribution in [-0.4, -0.2) is 36.3 Å². The number of nitrogens with one attached hydrogen (secondary N) is 1. The van der Waals surface area contributed by atoms with Crippen LogP contribution in [-0.2, 0) is 4.74 Å². The molecule has 0 aromatic heterocycles. The standard InChI is InChI=1S/C11H12FIN2OS/c12-8-1-2-10(9(13)7-8)14-11(17)15-3-5-16-6-4-15/h1-2,7H,3-6H2,(H,14,17). The molecule has 0 unspecified atom stereocenters. The van der Waals surface area contributed by atoms with E-state index in [0.717, 1.165) is 22.3 Å². The molecule has 1 fully saturated rings. The zero-order valence-electron chi connectivity index (χ0n) is 9.08. The Hall–Kier alpha value is -0.470. The summed E-state index contributed by atoms with van der Waals surface area (Å²) in [6.07, 6.45) is 0. The molecule has 0 atom stereocenters. The van der Waals surface area contributed by atoms with E-state index in [4.69, 9.17) is 17.0 Å². The van der Waals surface area contributed by atoms with Crippen molar-refractivity contribution < 1.29 is 9.13 Å². The number of benzene rings is 1. The van der Waals surface area contributed by atoms with Gasteiger partial charge in [0.05, 0.1) is 18.9 Å². The van der Waals surface area contributed by atoms with E-state index < -0.39 is 0 Å². The summed E-state index contributed by atoms with van der Waals surface area (Å²) in [5.74, 6) is -0.239. The topological polar surface area (TPSA) is 24.5 Å². The lowest BCUT2D eigenvalue weighted by atomic mass is 10.3. The summed E-state index contributed by atoms with van der Waals surface area (Å²) >= 11 is 7.40. The summed E-state index contributed by atoms with van der Waals surface area (Å²) < 4.78 is 19.0. The lowest BCUT2D eigenvalue weighted by Gasteiger charge is -2.29. The normalized spacial score (nSPS) is 15.8. The van der Waals surface area contributed by atoms with Gasteiger partial charge in [0, 0.05) is 16.7 Å². The number of hydrogen-bond donors (Lipinski definition) is 1. The second kappa shape index (κ2) is 5.92. The second-order valence-electron chi connectivity index (χ2n) is 3.65. The van der Waals surface area contributed by atoms with Crippen LogP contribution in [0.15, 0.2) is 18.2 Å². The maximum absolute atomic E-state index is 12.9. The van der Waals surface area contributed by atoms with Gasteiger partial charge in [-0.2, -0.15) is 0 Å². The van der Waals surface area contributed by atoms with Crippen molar-refractivity contribution in [2.45, 2.75) is 0 Å². The van der Waals surface area contributed by atoms with Crippen LogP contribution in [0.5, 0.6) is 0 Å². The van der Waals surface area contributed by atoms with Crippen LogP contribution < -0.4 is 5.32 Å². The first-order valence-corrected chi connectivity index (χ1v) is 6.74. The SMILES string of the molecule is Fc1ccc(NC(=S)N2CCOCC2)c(I)c1. The molecule has 3 nitrogen and oxygen atoms in total. The number of rotatable bonds is 1. The van der Waals surface area contributed by atoms with E-state index in [-0.39, 0.29) is 5.82 Å². The average molecular weight is 366 g/mol. The van der Waals surface area contributed by atoms with Gasteiger partial charge in [0.25, 0.3) is 0 Å². The fourth-order valence-electron chi connectivity index (χ4n) is 1.55. The van der Waals surface area contributed by atoms with E-state index in [9.17, 15) is 4.39 Å². The number of halogens is 2. The molecule has 2 rings (SSSR count). The van der Waals surface area contributed by atoms with Gasteiger partial charge in [0.15, 0.2) is 5.11 Å². The molecule has 1 saturated heterocycles. The third-order valence-electron chi connectivity index (χ3n) is 2.47. The van der Waals surface area contributed by atoms with Crippen LogP contribution in [0.25, 0.3) is 0 Å². The zero-order chi connectivity index (χ0) is 12.3. The second-order valence-corrected chi connectivity index (χ2v) is 5.20. The van der Waals surface area contributed by atoms with E-state index in [1.54, 1.807) is 6.07 Å². The van der Waals surface area contributed by atoms with E-state index in [1.807, 2.05) is 0 Å². The predicted octanol–water partition coefficient (Wildman–Crippen LogP) is 2.46. The molecule has 0 aliphatic carbocycles. The van der Waals surface area contributed by atoms with Gasteiger partial charge >= 0.3 is 0 Å². The van der Waals surface area contributed by atoms with E-state index in [1.165, 1.54) is 12.1 Å². The monoisotopic (exact) mass is 366 g/mol. The number of nitrogens with zero attached hydrogens (tertiary/aromatic N) is 1. The molecule has 1 aromatic carbocycles. The van der Waals surface area contributed by atoms with Crippen molar-refractivity contribution in [3.05, 3.63) is 27.6 Å². The van der Waals surface area contributed by atoms with Crippen LogP contribution in [0.2, 0.25) is 0 Å². The Morgan fingerprint density at radius 3 is 2.76 bits per heavy atom. The van der Waals surface area contributed by atoms with Gasteiger partial charge in [-0.05, 0) is 53.0 Å². The molecule has 0 radical (unpaired) electrons. The highest BCUT2D eigenvalue weighted by Gasteiger charge is 2.14. The lowest BCUT2D eigenvalue weighted by Crippen LogP contribution is -2.43. The van der Waals surface area contributed by atoms with E-state index in [0.29, 0.717) is 18.3 Å². The first-order chi connectivity index (χ1) is 8.16.